The minimum absolute atomic E-state index is 0.106. The molecule has 1 unspecified atom stereocenters. The average molecular weight is 422 g/mol. The Balaban J connectivity index is 1.72. The summed E-state index contributed by atoms with van der Waals surface area (Å²) < 4.78 is 28.8. The van der Waals surface area contributed by atoms with Gasteiger partial charge in [0.25, 0.3) is 5.91 Å². The molecule has 1 saturated heterocycles. The molecule has 0 aliphatic carbocycles. The summed E-state index contributed by atoms with van der Waals surface area (Å²) in [5, 5.41) is 13.8. The van der Waals surface area contributed by atoms with Crippen LogP contribution in [-0.4, -0.2) is 33.7 Å². The molecule has 1 fully saturated rings. The maximum Gasteiger partial charge on any atom is 0.254 e. The number of carbonyl (C=O) groups excluding carboxylic acids is 1. The number of carbonyl (C=O) groups is 1. The van der Waals surface area contributed by atoms with Gasteiger partial charge in [0.1, 0.15) is 28.7 Å². The maximum atomic E-state index is 14.1. The van der Waals surface area contributed by atoms with E-state index in [9.17, 15) is 18.8 Å². The van der Waals surface area contributed by atoms with Crippen LogP contribution in [0.25, 0.3) is 22.4 Å². The molecule has 0 spiro atoms. The second-order valence-electron chi connectivity index (χ2n) is 7.46. The fourth-order valence-electron chi connectivity index (χ4n) is 3.95. The van der Waals surface area contributed by atoms with E-state index < -0.39 is 17.5 Å². The Bertz CT molecular complexity index is 1180. The van der Waals surface area contributed by atoms with Gasteiger partial charge < -0.3 is 16.4 Å². The fraction of sp³-hybridized carbons (Fsp3) is 0.227. The fourth-order valence-corrected chi connectivity index (χ4v) is 3.95. The Morgan fingerprint density at radius 1 is 1.16 bits per heavy atom. The third-order valence-electron chi connectivity index (χ3n) is 5.48. The Morgan fingerprint density at radius 2 is 1.87 bits per heavy atom. The molecule has 1 aromatic heterocycles. The lowest BCUT2D eigenvalue weighted by atomic mass is 10.0. The summed E-state index contributed by atoms with van der Waals surface area (Å²) in [6, 6.07) is 9.89. The number of likely N-dealkylation sites (tertiary alicyclic amines) is 1. The molecule has 0 bridgehead atoms. The van der Waals surface area contributed by atoms with Crippen molar-refractivity contribution in [2.45, 2.75) is 18.9 Å². The van der Waals surface area contributed by atoms with Gasteiger partial charge in [-0.2, -0.15) is 10.4 Å². The summed E-state index contributed by atoms with van der Waals surface area (Å²) in [5.41, 5.74) is 13.6. The Hall–Kier alpha value is -3.93. The second-order valence-corrected chi connectivity index (χ2v) is 7.46. The van der Waals surface area contributed by atoms with Gasteiger partial charge in [0.2, 0.25) is 0 Å². The number of nitriles is 1. The maximum absolute atomic E-state index is 14.1. The lowest BCUT2D eigenvalue weighted by Gasteiger charge is -2.29. The first-order chi connectivity index (χ1) is 14.9. The van der Waals surface area contributed by atoms with E-state index in [0.29, 0.717) is 29.9 Å². The molecule has 3 aromatic rings. The molecule has 1 atom stereocenters. The van der Waals surface area contributed by atoms with Gasteiger partial charge in [0, 0.05) is 23.7 Å². The van der Waals surface area contributed by atoms with E-state index in [1.165, 1.54) is 12.1 Å². The van der Waals surface area contributed by atoms with Gasteiger partial charge in [0.05, 0.1) is 12.6 Å². The topological polar surface area (TPSA) is 114 Å². The Labute approximate surface area is 177 Å². The van der Waals surface area contributed by atoms with E-state index in [4.69, 9.17) is 11.5 Å². The molecule has 9 heteroatoms. The van der Waals surface area contributed by atoms with Crippen LogP contribution in [0.4, 0.5) is 14.6 Å². The minimum Gasteiger partial charge on any atom is -0.383 e. The number of aromatic nitrogens is 2. The number of benzene rings is 2. The van der Waals surface area contributed by atoms with E-state index in [2.05, 4.69) is 11.3 Å². The minimum atomic E-state index is -0.708. The van der Waals surface area contributed by atoms with Crippen molar-refractivity contribution in [2.75, 3.05) is 18.8 Å². The lowest BCUT2D eigenvalue weighted by Crippen LogP contribution is -2.34. The zero-order valence-electron chi connectivity index (χ0n) is 16.6. The molecule has 158 valence electrons. The monoisotopic (exact) mass is 422 g/mol. The smallest absolute Gasteiger partial charge is 0.254 e. The molecule has 31 heavy (non-hydrogen) atoms. The summed E-state index contributed by atoms with van der Waals surface area (Å²) in [4.78, 5) is 13.8. The van der Waals surface area contributed by atoms with Crippen LogP contribution in [0.5, 0.6) is 0 Å². The van der Waals surface area contributed by atoms with Gasteiger partial charge >= 0.3 is 0 Å². The summed E-state index contributed by atoms with van der Waals surface area (Å²) in [5.74, 6) is -1.87. The SMILES string of the molecule is N#CN1CCCC(n2nc(-c3ccc(-c4ccc(F)cc4F)cc3)c(C(N)=O)c2N)C1. The van der Waals surface area contributed by atoms with Crippen LogP contribution < -0.4 is 11.5 Å². The summed E-state index contributed by atoms with van der Waals surface area (Å²) in [6.45, 7) is 1.12. The van der Waals surface area contributed by atoms with Gasteiger partial charge in [-0.15, -0.1) is 0 Å². The van der Waals surface area contributed by atoms with E-state index in [0.717, 1.165) is 18.9 Å². The Kier molecular flexibility index (Phi) is 5.29. The third-order valence-corrected chi connectivity index (χ3v) is 5.48. The zero-order chi connectivity index (χ0) is 22.1. The number of rotatable bonds is 4. The lowest BCUT2D eigenvalue weighted by molar-refractivity contribution is 0.100. The first-order valence-electron chi connectivity index (χ1n) is 9.77. The predicted octanol–water partition coefficient (Wildman–Crippen LogP) is 3.29. The van der Waals surface area contributed by atoms with Crippen molar-refractivity contribution in [1.82, 2.24) is 14.7 Å². The number of halogens is 2. The van der Waals surface area contributed by atoms with Gasteiger partial charge in [-0.25, -0.2) is 13.5 Å². The molecular formula is C22H20F2N6O. The molecule has 0 saturated carbocycles. The first kappa shape index (κ1) is 20.3. The van der Waals surface area contributed by atoms with E-state index in [-0.39, 0.29) is 23.0 Å². The third kappa shape index (κ3) is 3.80. The van der Waals surface area contributed by atoms with Gasteiger partial charge in [-0.3, -0.25) is 4.79 Å². The number of hydrogen-bond acceptors (Lipinski definition) is 5. The van der Waals surface area contributed by atoms with Crippen LogP contribution >= 0.6 is 0 Å². The highest BCUT2D eigenvalue weighted by molar-refractivity contribution is 6.03. The van der Waals surface area contributed by atoms with E-state index in [1.54, 1.807) is 33.8 Å². The van der Waals surface area contributed by atoms with Crippen LogP contribution in [-0.2, 0) is 0 Å². The van der Waals surface area contributed by atoms with Crippen molar-refractivity contribution < 1.29 is 13.6 Å². The first-order valence-corrected chi connectivity index (χ1v) is 9.77. The van der Waals surface area contributed by atoms with Crippen molar-refractivity contribution >= 4 is 11.7 Å². The standard InChI is InChI=1S/C22H20F2N6O/c23-15-7-8-17(18(24)10-15)13-3-5-14(6-4-13)20-19(22(27)31)21(26)30(28-20)16-2-1-9-29(11-16)12-25/h3-8,10,16H,1-2,9,11,26H2,(H2,27,31). The number of nitrogen functional groups attached to an aromatic ring is 1. The predicted molar refractivity (Wildman–Crippen MR) is 111 cm³/mol. The normalized spacial score (nSPS) is 16.2. The number of amides is 1. The molecule has 2 aromatic carbocycles. The summed E-state index contributed by atoms with van der Waals surface area (Å²) in [7, 11) is 0. The molecule has 2 heterocycles. The van der Waals surface area contributed by atoms with E-state index >= 15 is 0 Å². The molecule has 0 radical (unpaired) electrons. The number of nitrogens with zero attached hydrogens (tertiary/aromatic N) is 4. The largest absolute Gasteiger partial charge is 0.383 e. The van der Waals surface area contributed by atoms with Crippen LogP contribution in [0.1, 0.15) is 29.2 Å². The molecule has 1 aliphatic heterocycles. The zero-order valence-corrected chi connectivity index (χ0v) is 16.6. The highest BCUT2D eigenvalue weighted by Crippen LogP contribution is 2.33. The number of primary amides is 1. The molecule has 1 amide bonds. The molecule has 4 N–H and O–H groups in total. The van der Waals surface area contributed by atoms with Gasteiger partial charge in [-0.1, -0.05) is 24.3 Å². The summed E-state index contributed by atoms with van der Waals surface area (Å²) in [6.07, 6.45) is 3.71. The van der Waals surface area contributed by atoms with Crippen molar-refractivity contribution in [3.63, 3.8) is 0 Å². The molecule has 4 rings (SSSR count). The van der Waals surface area contributed by atoms with E-state index in [1.807, 2.05) is 0 Å². The highest BCUT2D eigenvalue weighted by atomic mass is 19.1. The Morgan fingerprint density at radius 3 is 2.52 bits per heavy atom. The molecule has 7 nitrogen and oxygen atoms in total. The van der Waals surface area contributed by atoms with Crippen LogP contribution in [0.2, 0.25) is 0 Å². The average Bonchev–Trinajstić information content (AvgIpc) is 3.11. The highest BCUT2D eigenvalue weighted by Gasteiger charge is 2.28. The molecule has 1 aliphatic rings. The van der Waals surface area contributed by atoms with Crippen LogP contribution in [0.3, 0.4) is 0 Å². The summed E-state index contributed by atoms with van der Waals surface area (Å²) >= 11 is 0. The number of hydrogen-bond donors (Lipinski definition) is 2. The van der Waals surface area contributed by atoms with Crippen molar-refractivity contribution in [1.29, 1.82) is 5.26 Å². The van der Waals surface area contributed by atoms with Crippen molar-refractivity contribution in [3.05, 3.63) is 59.7 Å². The van der Waals surface area contributed by atoms with Gasteiger partial charge in [0.15, 0.2) is 6.19 Å². The molecular weight excluding hydrogens is 402 g/mol. The van der Waals surface area contributed by atoms with Gasteiger partial charge in [-0.05, 0) is 30.5 Å². The van der Waals surface area contributed by atoms with Crippen molar-refractivity contribution in [2.24, 2.45) is 5.73 Å². The van der Waals surface area contributed by atoms with Crippen LogP contribution in [0, 0.1) is 23.1 Å². The van der Waals surface area contributed by atoms with Crippen LogP contribution in [0.15, 0.2) is 42.5 Å². The van der Waals surface area contributed by atoms with Crippen molar-refractivity contribution in [3.8, 4) is 28.6 Å². The number of nitrogens with two attached hydrogens (primary N) is 2. The second kappa shape index (κ2) is 8.07. The quantitative estimate of drug-likeness (QED) is 0.626. The number of piperidine rings is 1. The number of anilines is 1.